The minimum Gasteiger partial charge on any atom is -0.385 e. The SMILES string of the molecule is CCCNc1ccc(C(=O)NCc2csc(=O)[nH]2)cc1. The maximum absolute atomic E-state index is 11.9. The van der Waals surface area contributed by atoms with Gasteiger partial charge in [-0.1, -0.05) is 18.3 Å². The molecule has 5 nitrogen and oxygen atoms in total. The third kappa shape index (κ3) is 3.96. The van der Waals surface area contributed by atoms with E-state index in [1.165, 1.54) is 0 Å². The van der Waals surface area contributed by atoms with Crippen molar-refractivity contribution >= 4 is 22.9 Å². The molecule has 0 saturated carbocycles. The lowest BCUT2D eigenvalue weighted by molar-refractivity contribution is 0.0950. The minimum atomic E-state index is -0.154. The topological polar surface area (TPSA) is 74.0 Å². The van der Waals surface area contributed by atoms with Crippen molar-refractivity contribution < 1.29 is 4.79 Å². The van der Waals surface area contributed by atoms with Gasteiger partial charge in [0, 0.05) is 28.9 Å². The van der Waals surface area contributed by atoms with Crippen LogP contribution in [0.5, 0.6) is 0 Å². The van der Waals surface area contributed by atoms with Gasteiger partial charge in [-0.2, -0.15) is 0 Å². The Labute approximate surface area is 121 Å². The molecule has 0 atom stereocenters. The molecule has 0 aliphatic heterocycles. The van der Waals surface area contributed by atoms with Gasteiger partial charge in [-0.05, 0) is 30.7 Å². The van der Waals surface area contributed by atoms with Gasteiger partial charge in [-0.15, -0.1) is 0 Å². The van der Waals surface area contributed by atoms with Gasteiger partial charge in [0.1, 0.15) is 0 Å². The molecule has 0 fully saturated rings. The van der Waals surface area contributed by atoms with E-state index in [4.69, 9.17) is 0 Å². The number of thiazole rings is 1. The van der Waals surface area contributed by atoms with Gasteiger partial charge in [0.25, 0.3) is 5.91 Å². The van der Waals surface area contributed by atoms with Gasteiger partial charge in [0.05, 0.1) is 6.54 Å². The van der Waals surface area contributed by atoms with Crippen LogP contribution >= 0.6 is 11.3 Å². The molecule has 2 aromatic rings. The van der Waals surface area contributed by atoms with Gasteiger partial charge in [-0.3, -0.25) is 9.59 Å². The van der Waals surface area contributed by atoms with Crippen molar-refractivity contribution in [2.45, 2.75) is 19.9 Å². The normalized spacial score (nSPS) is 10.2. The Morgan fingerprint density at radius 2 is 2.05 bits per heavy atom. The fraction of sp³-hybridized carbons (Fsp3) is 0.286. The van der Waals surface area contributed by atoms with Gasteiger partial charge in [-0.25, -0.2) is 0 Å². The molecule has 1 heterocycles. The molecule has 6 heteroatoms. The second kappa shape index (κ2) is 6.91. The highest BCUT2D eigenvalue weighted by atomic mass is 32.1. The first kappa shape index (κ1) is 14.3. The number of benzene rings is 1. The first-order valence-electron chi connectivity index (χ1n) is 6.48. The zero-order chi connectivity index (χ0) is 14.4. The van der Waals surface area contributed by atoms with E-state index < -0.39 is 0 Å². The molecule has 3 N–H and O–H groups in total. The summed E-state index contributed by atoms with van der Waals surface area (Å²) in [6, 6.07) is 7.33. The molecular weight excluding hydrogens is 274 g/mol. The summed E-state index contributed by atoms with van der Waals surface area (Å²) in [5.74, 6) is -0.154. The van der Waals surface area contributed by atoms with Gasteiger partial charge in [0.2, 0.25) is 0 Å². The molecule has 2 rings (SSSR count). The number of nitrogens with one attached hydrogen (secondary N) is 3. The summed E-state index contributed by atoms with van der Waals surface area (Å²) >= 11 is 1.09. The summed E-state index contributed by atoms with van der Waals surface area (Å²) in [5, 5.41) is 7.73. The predicted molar refractivity (Wildman–Crippen MR) is 81.3 cm³/mol. The Hall–Kier alpha value is -2.08. The van der Waals surface area contributed by atoms with Crippen LogP contribution < -0.4 is 15.5 Å². The second-order valence-corrected chi connectivity index (χ2v) is 5.20. The Morgan fingerprint density at radius 3 is 2.65 bits per heavy atom. The van der Waals surface area contributed by atoms with Gasteiger partial charge < -0.3 is 15.6 Å². The van der Waals surface area contributed by atoms with E-state index in [1.807, 2.05) is 12.1 Å². The summed E-state index contributed by atoms with van der Waals surface area (Å²) < 4.78 is 0. The average Bonchev–Trinajstić information content (AvgIpc) is 2.89. The smallest absolute Gasteiger partial charge is 0.304 e. The molecule has 106 valence electrons. The quantitative estimate of drug-likeness (QED) is 0.764. The predicted octanol–water partition coefficient (Wildman–Crippen LogP) is 2.19. The number of carbonyl (C=O) groups excluding carboxylic acids is 1. The number of aromatic nitrogens is 1. The van der Waals surface area contributed by atoms with E-state index in [0.717, 1.165) is 35.7 Å². The van der Waals surface area contributed by atoms with Crippen LogP contribution in [0.4, 0.5) is 5.69 Å². The standard InChI is InChI=1S/C14H17N3O2S/c1-2-7-15-11-5-3-10(4-6-11)13(18)16-8-12-9-20-14(19)17-12/h3-6,9,15H,2,7-8H2,1H3,(H,16,18)(H,17,19). The number of aromatic amines is 1. The van der Waals surface area contributed by atoms with E-state index >= 15 is 0 Å². The van der Waals surface area contributed by atoms with Crippen LogP contribution in [0.25, 0.3) is 0 Å². The number of anilines is 1. The third-order valence-corrected chi connectivity index (χ3v) is 3.45. The first-order valence-corrected chi connectivity index (χ1v) is 7.36. The summed E-state index contributed by atoms with van der Waals surface area (Å²) in [6.45, 7) is 3.34. The molecule has 0 spiro atoms. The highest BCUT2D eigenvalue weighted by molar-refractivity contribution is 7.07. The fourth-order valence-electron chi connectivity index (χ4n) is 1.69. The van der Waals surface area contributed by atoms with Crippen LogP contribution in [0.1, 0.15) is 29.4 Å². The van der Waals surface area contributed by atoms with E-state index in [9.17, 15) is 9.59 Å². The van der Waals surface area contributed by atoms with E-state index in [1.54, 1.807) is 17.5 Å². The Balaban J connectivity index is 1.90. The van der Waals surface area contributed by atoms with Crippen LogP contribution in [0.3, 0.4) is 0 Å². The van der Waals surface area contributed by atoms with Crippen molar-refractivity contribution in [2.75, 3.05) is 11.9 Å². The molecule has 1 amide bonds. The molecule has 0 aliphatic rings. The van der Waals surface area contributed by atoms with Gasteiger partial charge in [0.15, 0.2) is 0 Å². The van der Waals surface area contributed by atoms with Crippen molar-refractivity contribution in [3.05, 3.63) is 50.6 Å². The Morgan fingerprint density at radius 1 is 1.30 bits per heavy atom. The fourth-order valence-corrected chi connectivity index (χ4v) is 2.27. The lowest BCUT2D eigenvalue weighted by Crippen LogP contribution is -2.23. The third-order valence-electron chi connectivity index (χ3n) is 2.74. The molecule has 20 heavy (non-hydrogen) atoms. The summed E-state index contributed by atoms with van der Waals surface area (Å²) in [6.07, 6.45) is 1.06. The van der Waals surface area contributed by atoms with Crippen molar-refractivity contribution in [1.29, 1.82) is 0 Å². The van der Waals surface area contributed by atoms with Crippen LogP contribution in [0.15, 0.2) is 34.4 Å². The number of hydrogen-bond donors (Lipinski definition) is 3. The molecule has 1 aromatic heterocycles. The lowest BCUT2D eigenvalue weighted by atomic mass is 10.2. The highest BCUT2D eigenvalue weighted by Gasteiger charge is 2.05. The molecule has 0 aliphatic carbocycles. The number of rotatable bonds is 6. The first-order chi connectivity index (χ1) is 9.69. The molecule has 0 radical (unpaired) electrons. The molecular formula is C14H17N3O2S. The Kier molecular flexibility index (Phi) is 4.95. The highest BCUT2D eigenvalue weighted by Crippen LogP contribution is 2.09. The van der Waals surface area contributed by atoms with Crippen molar-refractivity contribution in [3.63, 3.8) is 0 Å². The zero-order valence-electron chi connectivity index (χ0n) is 11.2. The minimum absolute atomic E-state index is 0.111. The largest absolute Gasteiger partial charge is 0.385 e. The van der Waals surface area contributed by atoms with E-state index in [0.29, 0.717) is 12.1 Å². The molecule has 0 saturated heterocycles. The van der Waals surface area contributed by atoms with Crippen molar-refractivity contribution in [1.82, 2.24) is 10.3 Å². The van der Waals surface area contributed by atoms with Crippen LogP contribution in [0.2, 0.25) is 0 Å². The van der Waals surface area contributed by atoms with E-state index in [-0.39, 0.29) is 10.8 Å². The number of carbonyl (C=O) groups is 1. The molecule has 0 unspecified atom stereocenters. The van der Waals surface area contributed by atoms with E-state index in [2.05, 4.69) is 22.5 Å². The zero-order valence-corrected chi connectivity index (χ0v) is 12.0. The number of amides is 1. The van der Waals surface area contributed by atoms with Crippen LogP contribution in [-0.2, 0) is 6.54 Å². The van der Waals surface area contributed by atoms with Gasteiger partial charge >= 0.3 is 4.87 Å². The van der Waals surface area contributed by atoms with Crippen molar-refractivity contribution in [2.24, 2.45) is 0 Å². The lowest BCUT2D eigenvalue weighted by Gasteiger charge is -2.07. The van der Waals surface area contributed by atoms with Crippen LogP contribution in [0, 0.1) is 0 Å². The van der Waals surface area contributed by atoms with Crippen molar-refractivity contribution in [3.8, 4) is 0 Å². The van der Waals surface area contributed by atoms with Crippen LogP contribution in [-0.4, -0.2) is 17.4 Å². The second-order valence-electron chi connectivity index (χ2n) is 4.36. The molecule has 0 bridgehead atoms. The average molecular weight is 291 g/mol. The molecule has 1 aromatic carbocycles. The number of hydrogen-bond acceptors (Lipinski definition) is 4. The maximum atomic E-state index is 11.9. The monoisotopic (exact) mass is 291 g/mol. The maximum Gasteiger partial charge on any atom is 0.304 e. The summed E-state index contributed by atoms with van der Waals surface area (Å²) in [7, 11) is 0. The summed E-state index contributed by atoms with van der Waals surface area (Å²) in [4.78, 5) is 25.4. The Bertz CT molecular complexity index is 616. The number of H-pyrrole nitrogens is 1. The summed E-state index contributed by atoms with van der Waals surface area (Å²) in [5.41, 5.74) is 2.32.